The fraction of sp³-hybridized carbons (Fsp3) is 0.333. The van der Waals surface area contributed by atoms with Crippen molar-refractivity contribution in [3.05, 3.63) is 47.2 Å². The maximum absolute atomic E-state index is 14.7. The summed E-state index contributed by atoms with van der Waals surface area (Å²) in [5.74, 6) is -1.94. The molecule has 0 radical (unpaired) electrons. The average molecular weight is 450 g/mol. The van der Waals surface area contributed by atoms with Gasteiger partial charge in [-0.1, -0.05) is 11.6 Å². The molecule has 0 saturated carbocycles. The van der Waals surface area contributed by atoms with Gasteiger partial charge in [-0.15, -0.1) is 0 Å². The smallest absolute Gasteiger partial charge is 0.321 e. The maximum atomic E-state index is 14.7. The lowest BCUT2D eigenvalue weighted by Crippen LogP contribution is -2.34. The Kier molecular flexibility index (Phi) is 5.97. The molecule has 0 bridgehead atoms. The van der Waals surface area contributed by atoms with Crippen LogP contribution in [0, 0.1) is 17.6 Å². The quantitative estimate of drug-likeness (QED) is 0.592. The molecule has 2 aromatic heterocycles. The largest absolute Gasteiger partial charge is 0.450 e. The highest BCUT2D eigenvalue weighted by Gasteiger charge is 2.27. The molecule has 0 aliphatic carbocycles. The van der Waals surface area contributed by atoms with E-state index in [0.29, 0.717) is 35.1 Å². The zero-order chi connectivity index (χ0) is 22.1. The number of fused-ring (bicyclic) bond motifs is 1. The van der Waals surface area contributed by atoms with Crippen LogP contribution in [0.15, 0.2) is 30.6 Å². The SMILES string of the molecule is CN(C)C[C@@H]1CCN(C(=O)Nc2cc(F)c(Oc3ccnc4[nH]cc(Cl)c34)c(F)c2)C1. The van der Waals surface area contributed by atoms with Crippen LogP contribution in [0.5, 0.6) is 11.5 Å². The summed E-state index contributed by atoms with van der Waals surface area (Å²) in [6.07, 6.45) is 3.84. The van der Waals surface area contributed by atoms with E-state index in [-0.39, 0.29) is 17.5 Å². The van der Waals surface area contributed by atoms with Crippen LogP contribution in [0.2, 0.25) is 5.02 Å². The molecule has 1 aliphatic heterocycles. The van der Waals surface area contributed by atoms with Crippen molar-refractivity contribution in [2.45, 2.75) is 6.42 Å². The number of nitrogens with one attached hydrogen (secondary N) is 2. The first kappa shape index (κ1) is 21.3. The van der Waals surface area contributed by atoms with Crippen LogP contribution in [-0.2, 0) is 0 Å². The number of halogens is 3. The second-order valence-electron chi connectivity index (χ2n) is 7.83. The fourth-order valence-electron chi connectivity index (χ4n) is 3.80. The molecule has 1 fully saturated rings. The van der Waals surface area contributed by atoms with Crippen LogP contribution in [-0.4, -0.2) is 59.5 Å². The normalized spacial score (nSPS) is 16.3. The van der Waals surface area contributed by atoms with Crippen molar-refractivity contribution >= 4 is 34.4 Å². The summed E-state index contributed by atoms with van der Waals surface area (Å²) in [6.45, 7) is 2.09. The number of urea groups is 1. The van der Waals surface area contributed by atoms with Gasteiger partial charge in [0.05, 0.1) is 10.4 Å². The van der Waals surface area contributed by atoms with E-state index in [1.165, 1.54) is 18.5 Å². The van der Waals surface area contributed by atoms with Crippen LogP contribution in [0.4, 0.5) is 19.3 Å². The number of amides is 2. The summed E-state index contributed by atoms with van der Waals surface area (Å²) >= 11 is 6.11. The lowest BCUT2D eigenvalue weighted by atomic mass is 10.1. The van der Waals surface area contributed by atoms with Crippen molar-refractivity contribution < 1.29 is 18.3 Å². The highest BCUT2D eigenvalue weighted by Crippen LogP contribution is 2.36. The third-order valence-electron chi connectivity index (χ3n) is 5.15. The number of anilines is 1. The van der Waals surface area contributed by atoms with E-state index in [9.17, 15) is 13.6 Å². The number of benzene rings is 1. The molecule has 1 saturated heterocycles. The first-order valence-corrected chi connectivity index (χ1v) is 10.2. The topological polar surface area (TPSA) is 73.5 Å². The molecule has 2 N–H and O–H groups in total. The van der Waals surface area contributed by atoms with E-state index >= 15 is 0 Å². The summed E-state index contributed by atoms with van der Waals surface area (Å²) in [5.41, 5.74) is 0.452. The number of hydrogen-bond acceptors (Lipinski definition) is 4. The number of aromatic amines is 1. The Morgan fingerprint density at radius 3 is 2.84 bits per heavy atom. The van der Waals surface area contributed by atoms with Crippen LogP contribution < -0.4 is 10.1 Å². The first-order chi connectivity index (χ1) is 14.8. The fourth-order valence-corrected chi connectivity index (χ4v) is 4.04. The predicted molar refractivity (Wildman–Crippen MR) is 115 cm³/mol. The van der Waals surface area contributed by atoms with E-state index in [0.717, 1.165) is 25.1 Å². The minimum absolute atomic E-state index is 0.0166. The minimum atomic E-state index is -0.946. The Labute approximate surface area is 182 Å². The molecule has 2 amide bonds. The molecule has 0 spiro atoms. The van der Waals surface area contributed by atoms with Gasteiger partial charge in [0.25, 0.3) is 0 Å². The lowest BCUT2D eigenvalue weighted by molar-refractivity contribution is 0.219. The van der Waals surface area contributed by atoms with Gasteiger partial charge in [0.15, 0.2) is 17.4 Å². The number of rotatable bonds is 5. The molecular weight excluding hydrogens is 428 g/mol. The van der Waals surface area contributed by atoms with E-state index in [2.05, 4.69) is 20.2 Å². The minimum Gasteiger partial charge on any atom is -0.450 e. The molecule has 31 heavy (non-hydrogen) atoms. The van der Waals surface area contributed by atoms with Gasteiger partial charge in [0.1, 0.15) is 11.4 Å². The molecule has 1 aromatic carbocycles. The van der Waals surface area contributed by atoms with Gasteiger partial charge in [0.2, 0.25) is 0 Å². The van der Waals surface area contributed by atoms with Gasteiger partial charge in [-0.05, 0) is 32.5 Å². The Balaban J connectivity index is 1.49. The molecule has 1 atom stereocenters. The van der Waals surface area contributed by atoms with Crippen LogP contribution >= 0.6 is 11.6 Å². The van der Waals surface area contributed by atoms with E-state index < -0.39 is 17.4 Å². The summed E-state index contributed by atoms with van der Waals surface area (Å²) in [5, 5.41) is 3.31. The highest BCUT2D eigenvalue weighted by atomic mass is 35.5. The van der Waals surface area contributed by atoms with Crippen LogP contribution in [0.25, 0.3) is 11.0 Å². The molecule has 1 aliphatic rings. The molecule has 164 valence electrons. The van der Waals surface area contributed by atoms with E-state index in [1.807, 2.05) is 14.1 Å². The maximum Gasteiger partial charge on any atom is 0.321 e. The lowest BCUT2D eigenvalue weighted by Gasteiger charge is -2.19. The number of aromatic nitrogens is 2. The van der Waals surface area contributed by atoms with Crippen molar-refractivity contribution in [1.29, 1.82) is 0 Å². The Bertz CT molecular complexity index is 1100. The number of nitrogens with zero attached hydrogens (tertiary/aromatic N) is 3. The second kappa shape index (κ2) is 8.68. The van der Waals surface area contributed by atoms with Crippen LogP contribution in [0.3, 0.4) is 0 Å². The molecule has 4 rings (SSSR count). The number of carbonyl (C=O) groups excluding carboxylic acids is 1. The third-order valence-corrected chi connectivity index (χ3v) is 5.44. The average Bonchev–Trinajstić information content (AvgIpc) is 3.32. The van der Waals surface area contributed by atoms with E-state index in [4.69, 9.17) is 16.3 Å². The second-order valence-corrected chi connectivity index (χ2v) is 8.24. The Morgan fingerprint density at radius 1 is 1.39 bits per heavy atom. The van der Waals surface area contributed by atoms with Gasteiger partial charge in [0, 0.05) is 49.8 Å². The number of pyridine rings is 1. The standard InChI is InChI=1S/C21H22ClF2N5O2/c1-28(2)10-12-4-6-29(11-12)21(30)27-13-7-15(23)19(16(24)8-13)31-17-3-5-25-20-18(17)14(22)9-26-20/h3,5,7-9,12H,4,6,10-11H2,1-2H3,(H,25,26)(H,27,30)/t12-/m0/s1. The molecule has 3 heterocycles. The summed E-state index contributed by atoms with van der Waals surface area (Å²) in [7, 11) is 3.97. The molecule has 3 aromatic rings. The van der Waals surface area contributed by atoms with Crippen LogP contribution in [0.1, 0.15) is 6.42 Å². The van der Waals surface area contributed by atoms with Crippen molar-refractivity contribution in [3.8, 4) is 11.5 Å². The molecular formula is C21H22ClF2N5O2. The first-order valence-electron chi connectivity index (χ1n) is 9.81. The number of H-pyrrole nitrogens is 1. The third kappa shape index (κ3) is 4.57. The summed E-state index contributed by atoms with van der Waals surface area (Å²) < 4.78 is 34.8. The van der Waals surface area contributed by atoms with Gasteiger partial charge < -0.3 is 24.8 Å². The zero-order valence-electron chi connectivity index (χ0n) is 17.1. The number of hydrogen-bond donors (Lipinski definition) is 2. The molecule has 7 nitrogen and oxygen atoms in total. The monoisotopic (exact) mass is 449 g/mol. The zero-order valence-corrected chi connectivity index (χ0v) is 17.8. The van der Waals surface area contributed by atoms with Crippen molar-refractivity contribution in [1.82, 2.24) is 19.8 Å². The van der Waals surface area contributed by atoms with Crippen molar-refractivity contribution in [2.75, 3.05) is 39.0 Å². The van der Waals surface area contributed by atoms with Crippen molar-refractivity contribution in [2.24, 2.45) is 5.92 Å². The Morgan fingerprint density at radius 2 is 2.13 bits per heavy atom. The number of ether oxygens (including phenoxy) is 1. The number of carbonyl (C=O) groups is 1. The Hall–Kier alpha value is -2.91. The van der Waals surface area contributed by atoms with Gasteiger partial charge in [-0.25, -0.2) is 18.6 Å². The predicted octanol–water partition coefficient (Wildman–Crippen LogP) is 4.70. The van der Waals surface area contributed by atoms with Gasteiger partial charge >= 0.3 is 6.03 Å². The van der Waals surface area contributed by atoms with Gasteiger partial charge in [-0.2, -0.15) is 0 Å². The van der Waals surface area contributed by atoms with Crippen molar-refractivity contribution in [3.63, 3.8) is 0 Å². The molecule has 0 unspecified atom stereocenters. The number of likely N-dealkylation sites (tertiary alicyclic amines) is 1. The summed E-state index contributed by atoms with van der Waals surface area (Å²) in [6, 6.07) is 3.14. The molecule has 10 heteroatoms. The van der Waals surface area contributed by atoms with Gasteiger partial charge in [-0.3, -0.25) is 0 Å². The summed E-state index contributed by atoms with van der Waals surface area (Å²) in [4.78, 5) is 23.2. The van der Waals surface area contributed by atoms with E-state index in [1.54, 1.807) is 4.90 Å². The highest BCUT2D eigenvalue weighted by molar-refractivity contribution is 6.36.